The fraction of sp³-hybridized carbons (Fsp3) is 0.481. The van der Waals surface area contributed by atoms with Crippen LogP contribution in [0.25, 0.3) is 34.4 Å². The minimum atomic E-state index is -3.89. The number of benzene rings is 4. The minimum Gasteiger partial charge on any atom is -0.147 e. The Labute approximate surface area is 367 Å². The summed E-state index contributed by atoms with van der Waals surface area (Å²) < 4.78 is 6.95. The molecule has 0 spiro atoms. The summed E-state index contributed by atoms with van der Waals surface area (Å²) >= 11 is -3.89. The smallest absolute Gasteiger partial charge is 0.147 e. The zero-order valence-corrected chi connectivity index (χ0v) is 42.6. The second kappa shape index (κ2) is 18.2. The molecule has 0 aromatic heterocycles. The van der Waals surface area contributed by atoms with Crippen LogP contribution >= 0.6 is 24.8 Å². The summed E-state index contributed by atoms with van der Waals surface area (Å²) in [6, 6.07) is 29.5. The van der Waals surface area contributed by atoms with Gasteiger partial charge in [0, 0.05) is 0 Å². The Balaban J connectivity index is 0.00000283. The Morgan fingerprint density at radius 3 is 1.21 bits per heavy atom. The molecular weight excluding hydrogens is 839 g/mol. The first-order valence-corrected chi connectivity index (χ1v) is 36.4. The van der Waals surface area contributed by atoms with Crippen LogP contribution in [0.15, 0.2) is 83.9 Å². The normalized spacial score (nSPS) is 20.0. The van der Waals surface area contributed by atoms with Gasteiger partial charge in [0.2, 0.25) is 0 Å². The van der Waals surface area contributed by atoms with Gasteiger partial charge >= 0.3 is 346 Å². The summed E-state index contributed by atoms with van der Waals surface area (Å²) in [7, 11) is 0. The predicted octanol–water partition coefficient (Wildman–Crippen LogP) is 16.6. The molecule has 310 valence electrons. The van der Waals surface area contributed by atoms with Crippen molar-refractivity contribution >= 4 is 43.8 Å². The molecule has 2 saturated carbocycles. The molecule has 2 fully saturated rings. The van der Waals surface area contributed by atoms with E-state index in [4.69, 9.17) is 0 Å². The van der Waals surface area contributed by atoms with Gasteiger partial charge in [0.25, 0.3) is 0 Å². The van der Waals surface area contributed by atoms with Gasteiger partial charge in [-0.1, -0.05) is 0 Å². The van der Waals surface area contributed by atoms with Crippen LogP contribution in [-0.2, 0) is 17.4 Å². The van der Waals surface area contributed by atoms with Crippen molar-refractivity contribution in [3.63, 3.8) is 0 Å². The van der Waals surface area contributed by atoms with Gasteiger partial charge in [0.05, 0.1) is 0 Å². The molecule has 8 rings (SSSR count). The summed E-state index contributed by atoms with van der Waals surface area (Å²) in [5.74, 6) is 2.74. The molecule has 4 aliphatic carbocycles. The van der Waals surface area contributed by atoms with Crippen molar-refractivity contribution in [1.29, 1.82) is 0 Å². The maximum Gasteiger partial charge on any atom is -0.147 e. The molecule has 4 aromatic rings. The summed E-state index contributed by atoms with van der Waals surface area (Å²) in [5, 5.41) is 0. The zero-order valence-electron chi connectivity index (χ0n) is 37.1. The Kier molecular flexibility index (Phi) is 14.3. The fourth-order valence-corrected chi connectivity index (χ4v) is 31.9. The van der Waals surface area contributed by atoms with E-state index in [0.29, 0.717) is 19.1 Å². The molecule has 58 heavy (non-hydrogen) atoms. The van der Waals surface area contributed by atoms with Crippen LogP contribution in [0.4, 0.5) is 0 Å². The Bertz CT molecular complexity index is 2070. The quantitative estimate of drug-likeness (QED) is 0.139. The predicted molar refractivity (Wildman–Crippen MR) is 260 cm³/mol. The summed E-state index contributed by atoms with van der Waals surface area (Å²) in [5.41, 5.74) is 21.4. The Morgan fingerprint density at radius 2 is 0.879 bits per heavy atom. The van der Waals surface area contributed by atoms with Crippen LogP contribution in [0, 0.1) is 25.7 Å². The molecule has 0 N–H and O–H groups in total. The minimum absolute atomic E-state index is 0. The number of rotatable bonds is 10. The van der Waals surface area contributed by atoms with Gasteiger partial charge in [0.1, 0.15) is 0 Å². The molecule has 0 radical (unpaired) electrons. The van der Waals surface area contributed by atoms with E-state index < -0.39 is 17.4 Å². The summed E-state index contributed by atoms with van der Waals surface area (Å²) in [6.45, 7) is 16.6. The first-order valence-electron chi connectivity index (χ1n) is 22.7. The topological polar surface area (TPSA) is 0 Å². The van der Waals surface area contributed by atoms with Crippen LogP contribution in [0.1, 0.15) is 168 Å². The number of hydrogen-bond donors (Lipinski definition) is 0. The van der Waals surface area contributed by atoms with Gasteiger partial charge in [-0.15, -0.1) is 24.8 Å². The molecule has 0 heterocycles. The molecule has 4 aliphatic rings. The van der Waals surface area contributed by atoms with Crippen LogP contribution in [-0.4, -0.2) is 6.88 Å². The van der Waals surface area contributed by atoms with E-state index in [1.54, 1.807) is 33.4 Å². The molecule has 0 amide bonds. The molecular formula is C54H72Cl2SiZr. The average Bonchev–Trinajstić information content (AvgIpc) is 3.74. The van der Waals surface area contributed by atoms with Gasteiger partial charge < -0.3 is 0 Å². The summed E-state index contributed by atoms with van der Waals surface area (Å²) in [6.07, 6.45) is 22.2. The molecule has 4 aromatic carbocycles. The average molecular weight is 911 g/mol. The maximum atomic E-state index is 2.92. The number of hydrogen-bond acceptors (Lipinski definition) is 0. The van der Waals surface area contributed by atoms with Crippen molar-refractivity contribution in [2.24, 2.45) is 11.8 Å². The molecule has 2 unspecified atom stereocenters. The molecule has 0 nitrogen and oxygen atoms in total. The van der Waals surface area contributed by atoms with E-state index in [-0.39, 0.29) is 24.8 Å². The van der Waals surface area contributed by atoms with Crippen LogP contribution in [0.2, 0.25) is 9.26 Å². The number of fused-ring (bicyclic) bond motifs is 2. The van der Waals surface area contributed by atoms with Crippen LogP contribution < -0.4 is 0 Å². The third kappa shape index (κ3) is 8.99. The van der Waals surface area contributed by atoms with E-state index in [0.717, 1.165) is 11.8 Å². The van der Waals surface area contributed by atoms with Crippen molar-refractivity contribution in [2.45, 2.75) is 147 Å². The SMILES string of the molecule is Cc1cc(-c2ccc(C(C)C)cc2)c2c(c1)[CH]([Zr]([CH3])([CH3])(=[SiH2])[CH]1C(CC3CCCCC3)=Cc3c(-c4ccc(C(C)C)cc4)cc(C)cc31)C(CC1CCCCC1)=C2.Cl.Cl. The van der Waals surface area contributed by atoms with Crippen molar-refractivity contribution in [1.82, 2.24) is 0 Å². The number of halogens is 2. The molecule has 4 heteroatoms. The maximum absolute atomic E-state index is 3.89. The van der Waals surface area contributed by atoms with E-state index in [9.17, 15) is 0 Å². The van der Waals surface area contributed by atoms with Crippen molar-refractivity contribution in [2.75, 3.05) is 0 Å². The van der Waals surface area contributed by atoms with E-state index in [2.05, 4.69) is 143 Å². The first kappa shape index (κ1) is 45.6. The second-order valence-electron chi connectivity index (χ2n) is 20.8. The van der Waals surface area contributed by atoms with Crippen LogP contribution in [0.3, 0.4) is 0 Å². The standard InChI is InChI=1S/2C26H31.2CH3.2ClH.H2Si.Zr/c2*1-18(2)22-9-11-23(12-10-22)25-14-19(3)13-24-16-21(17-26(24)25)15-20-7-5-4-6-8-20;;;;;;/h2*9-14,16-18,20H,4-8,15H2,1-3H3;2*1H3;2*1H;1H2;. The number of allylic oxidation sites excluding steroid dienone is 2. The van der Waals surface area contributed by atoms with E-state index in [1.165, 1.54) is 122 Å². The van der Waals surface area contributed by atoms with Crippen molar-refractivity contribution in [3.8, 4) is 22.3 Å². The van der Waals surface area contributed by atoms with E-state index >= 15 is 0 Å². The zero-order chi connectivity index (χ0) is 39.4. The van der Waals surface area contributed by atoms with Gasteiger partial charge in [0.15, 0.2) is 0 Å². The molecule has 2 atom stereocenters. The monoisotopic (exact) mass is 908 g/mol. The molecule has 0 bridgehead atoms. The molecule has 0 saturated heterocycles. The van der Waals surface area contributed by atoms with Gasteiger partial charge in [-0.2, -0.15) is 0 Å². The fourth-order valence-electron chi connectivity index (χ4n) is 12.2. The third-order valence-corrected chi connectivity index (χ3v) is 32.4. The summed E-state index contributed by atoms with van der Waals surface area (Å²) in [4.78, 5) is 0. The van der Waals surface area contributed by atoms with Crippen LogP contribution in [0.5, 0.6) is 0 Å². The third-order valence-electron chi connectivity index (χ3n) is 14.9. The van der Waals surface area contributed by atoms with E-state index in [1.807, 2.05) is 0 Å². The number of aryl methyl sites for hydroxylation is 2. The van der Waals surface area contributed by atoms with Crippen molar-refractivity contribution < 1.29 is 17.4 Å². The first-order chi connectivity index (χ1) is 26.8. The van der Waals surface area contributed by atoms with Gasteiger partial charge in [-0.3, -0.25) is 0 Å². The Morgan fingerprint density at radius 1 is 0.534 bits per heavy atom. The largest absolute Gasteiger partial charge is 0.147 e. The van der Waals surface area contributed by atoms with Gasteiger partial charge in [-0.05, 0) is 0 Å². The molecule has 0 aliphatic heterocycles. The van der Waals surface area contributed by atoms with Crippen molar-refractivity contribution in [3.05, 3.63) is 128 Å². The second-order valence-corrected chi connectivity index (χ2v) is 51.3. The Hall–Kier alpha value is -1.96. The van der Waals surface area contributed by atoms with Gasteiger partial charge in [-0.25, -0.2) is 0 Å².